The molecule has 0 fully saturated rings. The molecule has 0 bridgehead atoms. The molecule has 0 amide bonds. The maximum absolute atomic E-state index is 8.61. The van der Waals surface area contributed by atoms with Crippen LogP contribution in [0, 0.1) is 0 Å². The van der Waals surface area contributed by atoms with Crippen LogP contribution in [-0.4, -0.2) is 19.5 Å². The maximum atomic E-state index is 8.61. The number of imidazole rings is 2. The van der Waals surface area contributed by atoms with E-state index >= 15 is 0 Å². The Labute approximate surface area is 56.4 Å². The lowest BCUT2D eigenvalue weighted by Gasteiger charge is -1.72. The number of hydrogen-bond acceptors (Lipinski definition) is 3. The first-order chi connectivity index (χ1) is 4.92. The molecule has 0 spiro atoms. The van der Waals surface area contributed by atoms with E-state index in [2.05, 4.69) is 9.97 Å². The number of aliphatic hydroxyl groups excluding tert-OH is 1. The van der Waals surface area contributed by atoms with Gasteiger partial charge in [0.1, 0.15) is 24.3 Å². The van der Waals surface area contributed by atoms with Gasteiger partial charge in [-0.05, 0) is 0 Å². The summed E-state index contributed by atoms with van der Waals surface area (Å²) in [6, 6.07) is 0. The van der Waals surface area contributed by atoms with Crippen LogP contribution in [0.1, 0.15) is 0 Å². The molecule has 0 atom stereocenters. The number of hydrogen-bond donors (Lipinski definition) is 1. The Morgan fingerprint density at radius 3 is 3.20 bits per heavy atom. The van der Waals surface area contributed by atoms with E-state index in [1.165, 1.54) is 0 Å². The molecule has 50 valence electrons. The van der Waals surface area contributed by atoms with Crippen molar-refractivity contribution in [1.29, 1.82) is 0 Å². The number of fused-ring (bicyclic) bond motifs is 1. The zero-order chi connectivity index (χ0) is 6.97. The van der Waals surface area contributed by atoms with Crippen LogP contribution in [0.3, 0.4) is 0 Å². The first-order valence-corrected chi connectivity index (χ1v) is 2.82. The van der Waals surface area contributed by atoms with E-state index in [0.717, 1.165) is 11.8 Å². The molecule has 2 aromatic heterocycles. The minimum atomic E-state index is 0.553. The molecule has 2 aromatic rings. The molecule has 10 heavy (non-hydrogen) atoms. The average molecular weight is 135 g/mol. The normalized spacial score (nSPS) is 13.0. The predicted molar refractivity (Wildman–Crippen MR) is 35.3 cm³/mol. The van der Waals surface area contributed by atoms with Crippen molar-refractivity contribution in [3.8, 4) is 0 Å². The van der Waals surface area contributed by atoms with Gasteiger partial charge in [0.25, 0.3) is 0 Å². The summed E-state index contributed by atoms with van der Waals surface area (Å²) in [6.45, 7) is 0. The SMILES string of the molecule is OC=c1ncn2cncc12. The summed E-state index contributed by atoms with van der Waals surface area (Å²) in [5, 5.41) is 9.17. The minimum Gasteiger partial charge on any atom is -0.513 e. The van der Waals surface area contributed by atoms with Crippen molar-refractivity contribution in [3.63, 3.8) is 0 Å². The van der Waals surface area contributed by atoms with Crippen molar-refractivity contribution < 1.29 is 5.11 Å². The molecule has 1 N–H and O–H groups in total. The van der Waals surface area contributed by atoms with E-state index in [0.29, 0.717) is 5.35 Å². The average Bonchev–Trinajstić information content (AvgIpc) is 2.44. The van der Waals surface area contributed by atoms with Crippen LogP contribution in [0.4, 0.5) is 0 Å². The Morgan fingerprint density at radius 2 is 2.40 bits per heavy atom. The van der Waals surface area contributed by atoms with Crippen molar-refractivity contribution in [2.75, 3.05) is 0 Å². The number of aromatic nitrogens is 3. The Kier molecular flexibility index (Phi) is 0.887. The fourth-order valence-electron chi connectivity index (χ4n) is 0.885. The van der Waals surface area contributed by atoms with Gasteiger partial charge in [-0.2, -0.15) is 0 Å². The molecule has 0 aliphatic heterocycles. The van der Waals surface area contributed by atoms with Crippen molar-refractivity contribution >= 4 is 11.8 Å². The highest BCUT2D eigenvalue weighted by Gasteiger charge is 1.95. The van der Waals surface area contributed by atoms with E-state index in [4.69, 9.17) is 5.11 Å². The van der Waals surface area contributed by atoms with Crippen LogP contribution in [0.2, 0.25) is 0 Å². The first-order valence-electron chi connectivity index (χ1n) is 2.82. The van der Waals surface area contributed by atoms with E-state index in [1.54, 1.807) is 23.3 Å². The van der Waals surface area contributed by atoms with E-state index in [-0.39, 0.29) is 0 Å². The number of aliphatic hydroxyl groups is 1. The molecule has 0 aromatic carbocycles. The van der Waals surface area contributed by atoms with Crippen molar-refractivity contribution in [2.24, 2.45) is 0 Å². The lowest BCUT2D eigenvalue weighted by Crippen LogP contribution is -1.99. The lowest BCUT2D eigenvalue weighted by atomic mass is 10.5. The van der Waals surface area contributed by atoms with Crippen LogP contribution in [0.25, 0.3) is 11.8 Å². The highest BCUT2D eigenvalue weighted by atomic mass is 16.2. The summed E-state index contributed by atoms with van der Waals surface area (Å²) in [7, 11) is 0. The molecule has 0 aliphatic carbocycles. The Hall–Kier alpha value is -1.58. The smallest absolute Gasteiger partial charge is 0.125 e. The summed E-state index contributed by atoms with van der Waals surface area (Å²) >= 11 is 0. The molecule has 0 aliphatic rings. The van der Waals surface area contributed by atoms with Gasteiger partial charge < -0.3 is 5.11 Å². The molecule has 0 unspecified atom stereocenters. The third-order valence-corrected chi connectivity index (χ3v) is 1.37. The van der Waals surface area contributed by atoms with Crippen LogP contribution < -0.4 is 5.35 Å². The third-order valence-electron chi connectivity index (χ3n) is 1.37. The van der Waals surface area contributed by atoms with Crippen LogP contribution in [0.15, 0.2) is 18.9 Å². The lowest BCUT2D eigenvalue weighted by molar-refractivity contribution is 0.539. The molecule has 4 nitrogen and oxygen atoms in total. The van der Waals surface area contributed by atoms with Crippen molar-refractivity contribution in [1.82, 2.24) is 14.4 Å². The highest BCUT2D eigenvalue weighted by molar-refractivity contribution is 5.46. The number of nitrogens with zero attached hydrogens (tertiary/aromatic N) is 3. The third kappa shape index (κ3) is 0.500. The summed E-state index contributed by atoms with van der Waals surface area (Å²) in [6.07, 6.45) is 5.85. The predicted octanol–water partition coefficient (Wildman–Crippen LogP) is -0.256. The van der Waals surface area contributed by atoms with Crippen LogP contribution >= 0.6 is 0 Å². The molecule has 2 rings (SSSR count). The molecular weight excluding hydrogens is 130 g/mol. The van der Waals surface area contributed by atoms with Crippen LogP contribution in [-0.2, 0) is 0 Å². The molecule has 4 heteroatoms. The Morgan fingerprint density at radius 1 is 1.50 bits per heavy atom. The van der Waals surface area contributed by atoms with Gasteiger partial charge in [-0.1, -0.05) is 0 Å². The summed E-state index contributed by atoms with van der Waals surface area (Å²) in [4.78, 5) is 7.75. The molecular formula is C6H5N3O. The second-order valence-corrected chi connectivity index (χ2v) is 1.95. The van der Waals surface area contributed by atoms with E-state index in [9.17, 15) is 0 Å². The van der Waals surface area contributed by atoms with Gasteiger partial charge in [0.05, 0.1) is 11.7 Å². The molecule has 0 radical (unpaired) electrons. The molecule has 0 saturated heterocycles. The largest absolute Gasteiger partial charge is 0.513 e. The fourth-order valence-corrected chi connectivity index (χ4v) is 0.885. The van der Waals surface area contributed by atoms with Gasteiger partial charge in [0.15, 0.2) is 0 Å². The standard InChI is InChI=1S/C6H5N3O/c10-2-5-6-1-7-3-9(6)4-8-5/h1-4,10H. The monoisotopic (exact) mass is 135 g/mol. The van der Waals surface area contributed by atoms with Gasteiger partial charge >= 0.3 is 0 Å². The maximum Gasteiger partial charge on any atom is 0.125 e. The fraction of sp³-hybridized carbons (Fsp3) is 0. The highest BCUT2D eigenvalue weighted by Crippen LogP contribution is 1.90. The topological polar surface area (TPSA) is 50.4 Å². The summed E-state index contributed by atoms with van der Waals surface area (Å²) in [5.74, 6) is 0. The Bertz CT molecular complexity index is 392. The zero-order valence-corrected chi connectivity index (χ0v) is 5.10. The number of rotatable bonds is 0. The summed E-state index contributed by atoms with van der Waals surface area (Å²) < 4.78 is 1.74. The minimum absolute atomic E-state index is 0.553. The quantitative estimate of drug-likeness (QED) is 0.541. The van der Waals surface area contributed by atoms with Gasteiger partial charge in [0.2, 0.25) is 0 Å². The van der Waals surface area contributed by atoms with Gasteiger partial charge in [-0.15, -0.1) is 0 Å². The molecule has 0 saturated carbocycles. The summed E-state index contributed by atoms with van der Waals surface area (Å²) in [5.41, 5.74) is 0.822. The van der Waals surface area contributed by atoms with Crippen LogP contribution in [0.5, 0.6) is 0 Å². The van der Waals surface area contributed by atoms with Crippen molar-refractivity contribution in [3.05, 3.63) is 24.2 Å². The molecule has 2 heterocycles. The van der Waals surface area contributed by atoms with E-state index in [1.807, 2.05) is 0 Å². The van der Waals surface area contributed by atoms with Gasteiger partial charge in [0, 0.05) is 0 Å². The van der Waals surface area contributed by atoms with Gasteiger partial charge in [-0.25, -0.2) is 9.97 Å². The van der Waals surface area contributed by atoms with Crippen molar-refractivity contribution in [2.45, 2.75) is 0 Å². The zero-order valence-electron chi connectivity index (χ0n) is 5.10. The first kappa shape index (κ1) is 5.22. The van der Waals surface area contributed by atoms with Gasteiger partial charge in [-0.3, -0.25) is 4.40 Å². The second-order valence-electron chi connectivity index (χ2n) is 1.95. The second kappa shape index (κ2) is 1.70. The Balaban J connectivity index is 3.03. The van der Waals surface area contributed by atoms with E-state index < -0.39 is 0 Å².